The molecule has 0 saturated heterocycles. The van der Waals surface area contributed by atoms with Gasteiger partial charge in [0.15, 0.2) is 0 Å². The molecular weight excluding hydrogens is 216 g/mol. The van der Waals surface area contributed by atoms with E-state index >= 15 is 0 Å². The number of aliphatic hydroxyl groups is 1. The number of hydrogen-bond acceptors (Lipinski definition) is 3. The quantitative estimate of drug-likeness (QED) is 0.724. The molecule has 98 valence electrons. The first-order valence-corrected chi connectivity index (χ1v) is 6.88. The molecule has 0 radical (unpaired) electrons. The lowest BCUT2D eigenvalue weighted by Gasteiger charge is -2.29. The van der Waals surface area contributed by atoms with Crippen LogP contribution < -0.4 is 5.73 Å². The van der Waals surface area contributed by atoms with Crippen LogP contribution in [0.4, 0.5) is 0 Å². The number of nitrogens with two attached hydrogens (primary N) is 1. The van der Waals surface area contributed by atoms with Gasteiger partial charge >= 0.3 is 0 Å². The van der Waals surface area contributed by atoms with Crippen LogP contribution in [0.15, 0.2) is 0 Å². The predicted octanol–water partition coefficient (Wildman–Crippen LogP) is 0.877. The topological polar surface area (TPSA) is 66.6 Å². The summed E-state index contributed by atoms with van der Waals surface area (Å²) in [5.41, 5.74) is 6.00. The summed E-state index contributed by atoms with van der Waals surface area (Å²) in [6.07, 6.45) is 7.40. The zero-order chi connectivity index (χ0) is 12.3. The van der Waals surface area contributed by atoms with Crippen molar-refractivity contribution in [1.29, 1.82) is 0 Å². The summed E-state index contributed by atoms with van der Waals surface area (Å²) in [4.78, 5) is 14.1. The van der Waals surface area contributed by atoms with Crippen molar-refractivity contribution in [2.24, 2.45) is 11.7 Å². The third-order valence-corrected chi connectivity index (χ3v) is 4.06. The lowest BCUT2D eigenvalue weighted by atomic mass is 10.1. The van der Waals surface area contributed by atoms with E-state index in [1.165, 1.54) is 25.7 Å². The summed E-state index contributed by atoms with van der Waals surface area (Å²) < 4.78 is 0. The lowest BCUT2D eigenvalue weighted by molar-refractivity contribution is -0.134. The van der Waals surface area contributed by atoms with Gasteiger partial charge in [-0.2, -0.15) is 0 Å². The molecule has 4 heteroatoms. The number of nitrogens with zero attached hydrogens (tertiary/aromatic N) is 1. The van der Waals surface area contributed by atoms with Gasteiger partial charge in [0.1, 0.15) is 0 Å². The summed E-state index contributed by atoms with van der Waals surface area (Å²) in [6, 6.07) is 0.381. The van der Waals surface area contributed by atoms with Gasteiger partial charge in [-0.3, -0.25) is 4.79 Å². The first-order chi connectivity index (χ1) is 8.22. The van der Waals surface area contributed by atoms with E-state index in [0.29, 0.717) is 24.9 Å². The molecule has 0 aromatic carbocycles. The van der Waals surface area contributed by atoms with Crippen LogP contribution in [-0.4, -0.2) is 41.1 Å². The van der Waals surface area contributed by atoms with Crippen LogP contribution in [-0.2, 0) is 4.79 Å². The number of hydrogen-bond donors (Lipinski definition) is 2. The Bertz CT molecular complexity index is 260. The van der Waals surface area contributed by atoms with Gasteiger partial charge in [-0.1, -0.05) is 12.8 Å². The Kier molecular flexibility index (Phi) is 4.40. The Hall–Kier alpha value is -0.610. The minimum absolute atomic E-state index is 0.0325. The third kappa shape index (κ3) is 3.42. The SMILES string of the molecule is NC(CC(=O)N(CCO)C1CCCC1)C1CC1. The maximum atomic E-state index is 12.2. The normalized spacial score (nSPS) is 22.7. The molecule has 1 amide bonds. The first kappa shape index (κ1) is 12.8. The summed E-state index contributed by atoms with van der Waals surface area (Å²) >= 11 is 0. The van der Waals surface area contributed by atoms with Crippen molar-refractivity contribution in [2.75, 3.05) is 13.2 Å². The molecule has 1 atom stereocenters. The molecule has 0 heterocycles. The summed E-state index contributed by atoms with van der Waals surface area (Å²) in [6.45, 7) is 0.530. The Morgan fingerprint density at radius 1 is 1.29 bits per heavy atom. The molecule has 2 fully saturated rings. The smallest absolute Gasteiger partial charge is 0.224 e. The van der Waals surface area contributed by atoms with Crippen molar-refractivity contribution >= 4 is 5.91 Å². The molecule has 0 spiro atoms. The van der Waals surface area contributed by atoms with Crippen molar-refractivity contribution in [1.82, 2.24) is 4.90 Å². The van der Waals surface area contributed by atoms with E-state index in [-0.39, 0.29) is 18.6 Å². The largest absolute Gasteiger partial charge is 0.395 e. The number of amides is 1. The highest BCUT2D eigenvalue weighted by atomic mass is 16.3. The molecule has 4 nitrogen and oxygen atoms in total. The van der Waals surface area contributed by atoms with E-state index in [1.807, 2.05) is 4.90 Å². The predicted molar refractivity (Wildman–Crippen MR) is 66.4 cm³/mol. The van der Waals surface area contributed by atoms with Gasteiger partial charge in [0, 0.05) is 25.0 Å². The fourth-order valence-electron chi connectivity index (χ4n) is 2.84. The van der Waals surface area contributed by atoms with Crippen LogP contribution in [0.5, 0.6) is 0 Å². The van der Waals surface area contributed by atoms with Crippen LogP contribution in [0.2, 0.25) is 0 Å². The van der Waals surface area contributed by atoms with Crippen molar-refractivity contribution in [2.45, 2.75) is 57.0 Å². The summed E-state index contributed by atoms with van der Waals surface area (Å²) in [7, 11) is 0. The maximum Gasteiger partial charge on any atom is 0.224 e. The second-order valence-corrected chi connectivity index (χ2v) is 5.45. The zero-order valence-corrected chi connectivity index (χ0v) is 10.5. The van der Waals surface area contributed by atoms with Crippen LogP contribution in [0.3, 0.4) is 0 Å². The molecule has 0 aromatic heterocycles. The molecule has 0 bridgehead atoms. The van der Waals surface area contributed by atoms with Gasteiger partial charge in [-0.15, -0.1) is 0 Å². The third-order valence-electron chi connectivity index (χ3n) is 4.06. The summed E-state index contributed by atoms with van der Waals surface area (Å²) in [5, 5.41) is 9.08. The highest BCUT2D eigenvalue weighted by molar-refractivity contribution is 5.77. The van der Waals surface area contributed by atoms with Gasteiger partial charge < -0.3 is 15.7 Å². The first-order valence-electron chi connectivity index (χ1n) is 6.88. The minimum Gasteiger partial charge on any atom is -0.395 e. The fraction of sp³-hybridized carbons (Fsp3) is 0.923. The summed E-state index contributed by atoms with van der Waals surface area (Å²) in [5.74, 6) is 0.712. The molecule has 2 aliphatic carbocycles. The van der Waals surface area contributed by atoms with Crippen LogP contribution >= 0.6 is 0 Å². The van der Waals surface area contributed by atoms with E-state index in [9.17, 15) is 4.79 Å². The van der Waals surface area contributed by atoms with E-state index in [1.54, 1.807) is 0 Å². The fourth-order valence-corrected chi connectivity index (χ4v) is 2.84. The van der Waals surface area contributed by atoms with Gasteiger partial charge in [0.2, 0.25) is 5.91 Å². The average Bonchev–Trinajstić information content (AvgIpc) is 3.03. The van der Waals surface area contributed by atoms with Gasteiger partial charge in [0.25, 0.3) is 0 Å². The molecule has 3 N–H and O–H groups in total. The van der Waals surface area contributed by atoms with E-state index < -0.39 is 0 Å². The molecule has 2 aliphatic rings. The number of carbonyl (C=O) groups excluding carboxylic acids is 1. The Morgan fingerprint density at radius 2 is 1.94 bits per heavy atom. The highest BCUT2D eigenvalue weighted by Crippen LogP contribution is 2.33. The van der Waals surface area contributed by atoms with Gasteiger partial charge in [0.05, 0.1) is 6.61 Å². The lowest BCUT2D eigenvalue weighted by Crippen LogP contribution is -2.43. The monoisotopic (exact) mass is 240 g/mol. The van der Waals surface area contributed by atoms with Crippen LogP contribution in [0.1, 0.15) is 44.9 Å². The number of carbonyl (C=O) groups is 1. The second-order valence-electron chi connectivity index (χ2n) is 5.45. The zero-order valence-electron chi connectivity index (χ0n) is 10.5. The van der Waals surface area contributed by atoms with Crippen LogP contribution in [0, 0.1) is 5.92 Å². The standard InChI is InChI=1S/C13H24N2O2/c14-12(10-5-6-10)9-13(17)15(7-8-16)11-3-1-2-4-11/h10-12,16H,1-9,14H2. The van der Waals surface area contributed by atoms with Crippen LogP contribution in [0.25, 0.3) is 0 Å². The Balaban J connectivity index is 1.86. The molecule has 0 aromatic rings. The van der Waals surface area contributed by atoms with Crippen molar-refractivity contribution in [3.63, 3.8) is 0 Å². The molecular formula is C13H24N2O2. The molecule has 0 aliphatic heterocycles. The molecule has 1 unspecified atom stereocenters. The average molecular weight is 240 g/mol. The van der Waals surface area contributed by atoms with Gasteiger partial charge in [-0.25, -0.2) is 0 Å². The van der Waals surface area contributed by atoms with E-state index in [4.69, 9.17) is 10.8 Å². The molecule has 17 heavy (non-hydrogen) atoms. The second kappa shape index (κ2) is 5.83. The highest BCUT2D eigenvalue weighted by Gasteiger charge is 2.33. The van der Waals surface area contributed by atoms with Crippen molar-refractivity contribution in [3.05, 3.63) is 0 Å². The Morgan fingerprint density at radius 3 is 2.47 bits per heavy atom. The van der Waals surface area contributed by atoms with Crippen molar-refractivity contribution in [3.8, 4) is 0 Å². The van der Waals surface area contributed by atoms with E-state index in [2.05, 4.69) is 0 Å². The minimum atomic E-state index is 0.0325. The number of rotatable bonds is 6. The molecule has 2 saturated carbocycles. The maximum absolute atomic E-state index is 12.2. The van der Waals surface area contributed by atoms with Crippen molar-refractivity contribution < 1.29 is 9.90 Å². The Labute approximate surface area is 103 Å². The van der Waals surface area contributed by atoms with Gasteiger partial charge in [-0.05, 0) is 31.6 Å². The van der Waals surface area contributed by atoms with E-state index in [0.717, 1.165) is 12.8 Å². The molecule has 2 rings (SSSR count). The number of aliphatic hydroxyl groups excluding tert-OH is 1.